The van der Waals surface area contributed by atoms with E-state index >= 15 is 0 Å². The minimum absolute atomic E-state index is 0.206. The van der Waals surface area contributed by atoms with Crippen LogP contribution in [0.2, 0.25) is 0 Å². The highest BCUT2D eigenvalue weighted by Gasteiger charge is 2.33. The number of nitrogens with one attached hydrogen (secondary N) is 1. The van der Waals surface area contributed by atoms with Gasteiger partial charge in [0.2, 0.25) is 0 Å². The maximum atomic E-state index is 10.9. The van der Waals surface area contributed by atoms with E-state index in [1.54, 1.807) is 0 Å². The maximum absolute atomic E-state index is 10.9. The summed E-state index contributed by atoms with van der Waals surface area (Å²) in [6.07, 6.45) is 3.45. The third-order valence-electron chi connectivity index (χ3n) is 2.99. The Morgan fingerprint density at radius 2 is 2.38 bits per heavy atom. The van der Waals surface area contributed by atoms with Gasteiger partial charge in [0, 0.05) is 6.04 Å². The van der Waals surface area contributed by atoms with Crippen molar-refractivity contribution in [3.63, 3.8) is 0 Å². The van der Waals surface area contributed by atoms with Crippen LogP contribution in [0, 0.1) is 0 Å². The fraction of sp³-hybridized carbons (Fsp3) is 0.889. The number of rotatable bonds is 1. The molecular formula is C9H16N2O2. The number of likely N-dealkylation sites (N-methyl/N-ethyl adjacent to an activating group) is 1. The van der Waals surface area contributed by atoms with Gasteiger partial charge in [0.15, 0.2) is 0 Å². The predicted molar refractivity (Wildman–Crippen MR) is 48.5 cm³/mol. The predicted octanol–water partition coefficient (Wildman–Crippen LogP) is 0.579. The first-order valence-corrected chi connectivity index (χ1v) is 4.91. The lowest BCUT2D eigenvalue weighted by molar-refractivity contribution is 0.139. The number of ether oxygens (including phenoxy) is 1. The average molecular weight is 184 g/mol. The van der Waals surface area contributed by atoms with Crippen molar-refractivity contribution < 1.29 is 9.53 Å². The molecule has 2 aliphatic heterocycles. The Labute approximate surface area is 78.2 Å². The molecule has 2 aliphatic rings. The van der Waals surface area contributed by atoms with E-state index in [4.69, 9.17) is 4.74 Å². The largest absolute Gasteiger partial charge is 0.447 e. The van der Waals surface area contributed by atoms with Gasteiger partial charge < -0.3 is 15.0 Å². The Hall–Kier alpha value is -0.770. The summed E-state index contributed by atoms with van der Waals surface area (Å²) in [4.78, 5) is 13.2. The molecule has 0 bridgehead atoms. The number of carbonyl (C=O) groups is 1. The molecule has 2 unspecified atom stereocenters. The zero-order chi connectivity index (χ0) is 9.26. The maximum Gasteiger partial charge on any atom is 0.407 e. The van der Waals surface area contributed by atoms with Crippen molar-refractivity contribution >= 4 is 6.09 Å². The molecule has 0 aromatic heterocycles. The molecule has 0 aliphatic carbocycles. The van der Waals surface area contributed by atoms with E-state index < -0.39 is 0 Å². The number of piperidine rings is 1. The fourth-order valence-electron chi connectivity index (χ4n) is 2.22. The lowest BCUT2D eigenvalue weighted by Crippen LogP contribution is -2.49. The number of carbonyl (C=O) groups excluding carboxylic acids is 1. The Balaban J connectivity index is 1.94. The molecule has 2 saturated heterocycles. The Morgan fingerprint density at radius 1 is 1.54 bits per heavy atom. The van der Waals surface area contributed by atoms with Crippen molar-refractivity contribution in [2.24, 2.45) is 0 Å². The molecule has 0 aromatic carbocycles. The number of hydrogen-bond acceptors (Lipinski definition) is 3. The summed E-state index contributed by atoms with van der Waals surface area (Å²) in [5.41, 5.74) is 0. The summed E-state index contributed by atoms with van der Waals surface area (Å²) in [7, 11) is 2.12. The molecule has 1 amide bonds. The molecule has 2 heterocycles. The second kappa shape index (κ2) is 3.54. The molecule has 1 N–H and O–H groups in total. The molecule has 0 aromatic rings. The minimum Gasteiger partial charge on any atom is -0.447 e. The summed E-state index contributed by atoms with van der Waals surface area (Å²) < 4.78 is 4.89. The van der Waals surface area contributed by atoms with Crippen LogP contribution in [-0.4, -0.2) is 43.3 Å². The van der Waals surface area contributed by atoms with Gasteiger partial charge in [-0.05, 0) is 26.4 Å². The number of alkyl carbamates (subject to hydrolysis) is 1. The molecule has 4 nitrogen and oxygen atoms in total. The first-order chi connectivity index (χ1) is 6.27. The van der Waals surface area contributed by atoms with Crippen LogP contribution in [-0.2, 0) is 4.74 Å². The number of amides is 1. The van der Waals surface area contributed by atoms with E-state index in [1.807, 2.05) is 0 Å². The third-order valence-corrected chi connectivity index (χ3v) is 2.99. The third kappa shape index (κ3) is 1.77. The molecule has 2 atom stereocenters. The van der Waals surface area contributed by atoms with Gasteiger partial charge in [-0.3, -0.25) is 0 Å². The molecule has 2 rings (SSSR count). The average Bonchev–Trinajstić information content (AvgIpc) is 2.53. The molecule has 4 heteroatoms. The second-order valence-corrected chi connectivity index (χ2v) is 3.89. The van der Waals surface area contributed by atoms with Crippen LogP contribution in [0.4, 0.5) is 4.79 Å². The lowest BCUT2D eigenvalue weighted by atomic mass is 9.97. The van der Waals surface area contributed by atoms with Crippen LogP contribution in [0.15, 0.2) is 0 Å². The Morgan fingerprint density at radius 3 is 3.00 bits per heavy atom. The van der Waals surface area contributed by atoms with Gasteiger partial charge in [-0.1, -0.05) is 6.42 Å². The summed E-state index contributed by atoms with van der Waals surface area (Å²) in [5, 5.41) is 2.85. The lowest BCUT2D eigenvalue weighted by Gasteiger charge is -2.35. The van der Waals surface area contributed by atoms with Gasteiger partial charge in [-0.25, -0.2) is 4.79 Å². The zero-order valence-electron chi connectivity index (χ0n) is 7.95. The topological polar surface area (TPSA) is 41.6 Å². The minimum atomic E-state index is -0.260. The smallest absolute Gasteiger partial charge is 0.407 e. The summed E-state index contributed by atoms with van der Waals surface area (Å²) in [5.74, 6) is 0. The van der Waals surface area contributed by atoms with E-state index in [-0.39, 0.29) is 12.1 Å². The highest BCUT2D eigenvalue weighted by Crippen LogP contribution is 2.19. The zero-order valence-corrected chi connectivity index (χ0v) is 7.95. The molecule has 0 spiro atoms. The summed E-state index contributed by atoms with van der Waals surface area (Å²) in [6.45, 7) is 1.67. The molecule has 0 radical (unpaired) electrons. The van der Waals surface area contributed by atoms with Gasteiger partial charge >= 0.3 is 6.09 Å². The van der Waals surface area contributed by atoms with Gasteiger partial charge in [-0.15, -0.1) is 0 Å². The van der Waals surface area contributed by atoms with Crippen molar-refractivity contribution in [1.82, 2.24) is 10.2 Å². The van der Waals surface area contributed by atoms with E-state index in [9.17, 15) is 4.79 Å². The van der Waals surface area contributed by atoms with E-state index in [1.165, 1.54) is 19.3 Å². The van der Waals surface area contributed by atoms with Crippen LogP contribution in [0.5, 0.6) is 0 Å². The standard InChI is InChI=1S/C9H16N2O2/c1-11-5-3-2-4-8(11)7-6-13-9(12)10-7/h7-8H,2-6H2,1H3,(H,10,12). The monoisotopic (exact) mass is 184 g/mol. The van der Waals surface area contributed by atoms with Crippen LogP contribution >= 0.6 is 0 Å². The quantitative estimate of drug-likeness (QED) is 0.648. The van der Waals surface area contributed by atoms with Crippen LogP contribution in [0.25, 0.3) is 0 Å². The molecule has 13 heavy (non-hydrogen) atoms. The van der Waals surface area contributed by atoms with Crippen LogP contribution in [0.1, 0.15) is 19.3 Å². The molecular weight excluding hydrogens is 168 g/mol. The highest BCUT2D eigenvalue weighted by molar-refractivity contribution is 5.69. The van der Waals surface area contributed by atoms with Crippen molar-refractivity contribution in [2.75, 3.05) is 20.2 Å². The van der Waals surface area contributed by atoms with Crippen LogP contribution in [0.3, 0.4) is 0 Å². The number of cyclic esters (lactones) is 1. The molecule has 74 valence electrons. The van der Waals surface area contributed by atoms with Crippen LogP contribution < -0.4 is 5.32 Å². The summed E-state index contributed by atoms with van der Waals surface area (Å²) in [6, 6.07) is 0.679. The second-order valence-electron chi connectivity index (χ2n) is 3.89. The normalized spacial score (nSPS) is 35.6. The number of likely N-dealkylation sites (tertiary alicyclic amines) is 1. The van der Waals surface area contributed by atoms with Crippen molar-refractivity contribution in [2.45, 2.75) is 31.3 Å². The fourth-order valence-corrected chi connectivity index (χ4v) is 2.22. The van der Waals surface area contributed by atoms with Gasteiger partial charge in [0.25, 0.3) is 0 Å². The summed E-state index contributed by atoms with van der Waals surface area (Å²) >= 11 is 0. The van der Waals surface area contributed by atoms with E-state index in [0.717, 1.165) is 6.54 Å². The first kappa shape index (κ1) is 8.81. The first-order valence-electron chi connectivity index (χ1n) is 4.91. The Bertz CT molecular complexity index is 208. The van der Waals surface area contributed by atoms with Crippen molar-refractivity contribution in [1.29, 1.82) is 0 Å². The highest BCUT2D eigenvalue weighted by atomic mass is 16.6. The number of hydrogen-bond donors (Lipinski definition) is 1. The van der Waals surface area contributed by atoms with Gasteiger partial charge in [-0.2, -0.15) is 0 Å². The molecule has 2 fully saturated rings. The van der Waals surface area contributed by atoms with Crippen molar-refractivity contribution in [3.05, 3.63) is 0 Å². The van der Waals surface area contributed by atoms with Crippen molar-refractivity contribution in [3.8, 4) is 0 Å². The van der Waals surface area contributed by atoms with E-state index in [0.29, 0.717) is 12.6 Å². The van der Waals surface area contributed by atoms with Gasteiger partial charge in [0.05, 0.1) is 6.04 Å². The Kier molecular flexibility index (Phi) is 2.40. The van der Waals surface area contributed by atoms with Gasteiger partial charge in [0.1, 0.15) is 6.61 Å². The van der Waals surface area contributed by atoms with E-state index in [2.05, 4.69) is 17.3 Å². The SMILES string of the molecule is CN1CCCCC1C1COC(=O)N1. The number of nitrogens with zero attached hydrogens (tertiary/aromatic N) is 1. The molecule has 0 saturated carbocycles.